The van der Waals surface area contributed by atoms with Crippen molar-refractivity contribution < 1.29 is 9.53 Å². The molecule has 1 aromatic carbocycles. The van der Waals surface area contributed by atoms with Gasteiger partial charge in [0.25, 0.3) is 5.91 Å². The van der Waals surface area contributed by atoms with Crippen molar-refractivity contribution in [1.82, 2.24) is 10.6 Å². The molecule has 20 heavy (non-hydrogen) atoms. The van der Waals surface area contributed by atoms with Gasteiger partial charge in [-0.3, -0.25) is 4.79 Å². The summed E-state index contributed by atoms with van der Waals surface area (Å²) >= 11 is 3.39. The van der Waals surface area contributed by atoms with Gasteiger partial charge < -0.3 is 15.4 Å². The fourth-order valence-corrected chi connectivity index (χ4v) is 1.94. The maximum atomic E-state index is 12.1. The van der Waals surface area contributed by atoms with Crippen LogP contribution in [-0.2, 0) is 0 Å². The summed E-state index contributed by atoms with van der Waals surface area (Å²) in [6.45, 7) is 5.41. The van der Waals surface area contributed by atoms with E-state index in [0.717, 1.165) is 17.4 Å². The number of rotatable bonds is 7. The van der Waals surface area contributed by atoms with Gasteiger partial charge in [0.2, 0.25) is 0 Å². The summed E-state index contributed by atoms with van der Waals surface area (Å²) in [5.41, 5.74) is 0.571. The molecule has 0 fully saturated rings. The van der Waals surface area contributed by atoms with Crippen molar-refractivity contribution in [3.05, 3.63) is 28.2 Å². The van der Waals surface area contributed by atoms with E-state index in [4.69, 9.17) is 4.74 Å². The van der Waals surface area contributed by atoms with E-state index in [0.29, 0.717) is 17.9 Å². The molecular formula is C14H22BrClN2O2. The molecule has 114 valence electrons. The standard InChI is InChI=1S/C14H21BrN2O2.ClH/c1-10(2)19-13-9-11(15)5-6-12(13)14(18)17-8-4-7-16-3;/h5-6,9-10,16H,4,7-8H2,1-3H3,(H,17,18);1H. The number of halogens is 2. The Morgan fingerprint density at radius 2 is 2.05 bits per heavy atom. The first kappa shape index (κ1) is 19.2. The first-order valence-corrected chi connectivity index (χ1v) is 7.23. The average Bonchev–Trinajstić information content (AvgIpc) is 2.34. The molecule has 0 saturated heterocycles. The van der Waals surface area contributed by atoms with Gasteiger partial charge in [-0.25, -0.2) is 0 Å². The SMILES string of the molecule is CNCCCNC(=O)c1ccc(Br)cc1OC(C)C.Cl. The Morgan fingerprint density at radius 3 is 2.65 bits per heavy atom. The minimum absolute atomic E-state index is 0. The molecule has 0 aliphatic rings. The van der Waals surface area contributed by atoms with Crippen LogP contribution in [0.25, 0.3) is 0 Å². The Labute approximate surface area is 135 Å². The number of carbonyl (C=O) groups excluding carboxylic acids is 1. The molecule has 0 aromatic heterocycles. The highest BCUT2D eigenvalue weighted by atomic mass is 79.9. The Hall–Kier alpha value is -0.780. The minimum atomic E-state index is -0.0979. The third kappa shape index (κ3) is 6.59. The Kier molecular flexibility index (Phi) is 9.63. The van der Waals surface area contributed by atoms with Gasteiger partial charge in [-0.15, -0.1) is 12.4 Å². The van der Waals surface area contributed by atoms with Crippen molar-refractivity contribution in [3.63, 3.8) is 0 Å². The zero-order valence-corrected chi connectivity index (χ0v) is 14.4. The highest BCUT2D eigenvalue weighted by Crippen LogP contribution is 2.24. The van der Waals surface area contributed by atoms with Gasteiger partial charge in [0, 0.05) is 11.0 Å². The van der Waals surface area contributed by atoms with E-state index in [2.05, 4.69) is 26.6 Å². The Bertz CT molecular complexity index is 428. The molecule has 0 spiro atoms. The lowest BCUT2D eigenvalue weighted by Crippen LogP contribution is -2.27. The smallest absolute Gasteiger partial charge is 0.255 e. The lowest BCUT2D eigenvalue weighted by Gasteiger charge is -2.14. The van der Waals surface area contributed by atoms with E-state index >= 15 is 0 Å². The van der Waals surface area contributed by atoms with Gasteiger partial charge in [-0.2, -0.15) is 0 Å². The fourth-order valence-electron chi connectivity index (χ4n) is 1.60. The number of nitrogens with one attached hydrogen (secondary N) is 2. The summed E-state index contributed by atoms with van der Waals surface area (Å²) in [6.07, 6.45) is 0.934. The second-order valence-corrected chi connectivity index (χ2v) is 5.44. The summed E-state index contributed by atoms with van der Waals surface area (Å²) in [5.74, 6) is 0.509. The minimum Gasteiger partial charge on any atom is -0.490 e. The van der Waals surface area contributed by atoms with Crippen LogP contribution in [-0.4, -0.2) is 32.1 Å². The molecule has 0 bridgehead atoms. The first-order valence-electron chi connectivity index (χ1n) is 6.43. The largest absolute Gasteiger partial charge is 0.490 e. The lowest BCUT2D eigenvalue weighted by atomic mass is 10.2. The number of amides is 1. The maximum Gasteiger partial charge on any atom is 0.255 e. The van der Waals surface area contributed by atoms with Crippen molar-refractivity contribution in [2.75, 3.05) is 20.1 Å². The van der Waals surface area contributed by atoms with Crippen molar-refractivity contribution >= 4 is 34.2 Å². The van der Waals surface area contributed by atoms with Crippen LogP contribution in [0.3, 0.4) is 0 Å². The second kappa shape index (κ2) is 10.0. The van der Waals surface area contributed by atoms with Crippen LogP contribution in [0, 0.1) is 0 Å². The molecule has 6 heteroatoms. The van der Waals surface area contributed by atoms with Crippen LogP contribution in [0.2, 0.25) is 0 Å². The van der Waals surface area contributed by atoms with Crippen molar-refractivity contribution in [2.45, 2.75) is 26.4 Å². The van der Waals surface area contributed by atoms with E-state index in [9.17, 15) is 4.79 Å². The predicted octanol–water partition coefficient (Wildman–Crippen LogP) is 3.00. The third-order valence-electron chi connectivity index (χ3n) is 2.44. The number of benzene rings is 1. The summed E-state index contributed by atoms with van der Waals surface area (Å²) in [4.78, 5) is 12.1. The number of carbonyl (C=O) groups is 1. The molecule has 1 rings (SSSR count). The quantitative estimate of drug-likeness (QED) is 0.730. The topological polar surface area (TPSA) is 50.4 Å². The van der Waals surface area contributed by atoms with E-state index in [-0.39, 0.29) is 24.4 Å². The fraction of sp³-hybridized carbons (Fsp3) is 0.500. The van der Waals surface area contributed by atoms with Gasteiger partial charge >= 0.3 is 0 Å². The molecule has 0 aliphatic carbocycles. The van der Waals surface area contributed by atoms with Gasteiger partial charge in [0.15, 0.2) is 0 Å². The zero-order chi connectivity index (χ0) is 14.3. The van der Waals surface area contributed by atoms with Crippen LogP contribution in [0.5, 0.6) is 5.75 Å². The van der Waals surface area contributed by atoms with Crippen LogP contribution < -0.4 is 15.4 Å². The number of hydrogen-bond acceptors (Lipinski definition) is 3. The molecule has 0 heterocycles. The molecule has 1 amide bonds. The number of hydrogen-bond donors (Lipinski definition) is 2. The molecule has 0 saturated carbocycles. The molecule has 0 atom stereocenters. The van der Waals surface area contributed by atoms with Gasteiger partial charge in [0.1, 0.15) is 5.75 Å². The summed E-state index contributed by atoms with van der Waals surface area (Å²) in [6, 6.07) is 5.44. The number of ether oxygens (including phenoxy) is 1. The third-order valence-corrected chi connectivity index (χ3v) is 2.93. The molecule has 0 aliphatic heterocycles. The van der Waals surface area contributed by atoms with Gasteiger partial charge in [0.05, 0.1) is 11.7 Å². The highest BCUT2D eigenvalue weighted by molar-refractivity contribution is 9.10. The summed E-state index contributed by atoms with van der Waals surface area (Å²) in [7, 11) is 1.89. The Morgan fingerprint density at radius 1 is 1.35 bits per heavy atom. The molecule has 0 radical (unpaired) electrons. The molecule has 1 aromatic rings. The van der Waals surface area contributed by atoms with E-state index < -0.39 is 0 Å². The van der Waals surface area contributed by atoms with Crippen LogP contribution in [0.1, 0.15) is 30.6 Å². The highest BCUT2D eigenvalue weighted by Gasteiger charge is 2.13. The molecule has 2 N–H and O–H groups in total. The van der Waals surface area contributed by atoms with E-state index in [1.807, 2.05) is 33.0 Å². The van der Waals surface area contributed by atoms with Gasteiger partial charge in [-0.1, -0.05) is 15.9 Å². The normalized spacial score (nSPS) is 10.1. The average molecular weight is 366 g/mol. The van der Waals surface area contributed by atoms with Crippen molar-refractivity contribution in [2.24, 2.45) is 0 Å². The van der Waals surface area contributed by atoms with Crippen LogP contribution >= 0.6 is 28.3 Å². The zero-order valence-electron chi connectivity index (χ0n) is 12.0. The van der Waals surface area contributed by atoms with Gasteiger partial charge in [-0.05, 0) is 52.1 Å². The first-order chi connectivity index (χ1) is 9.04. The Balaban J connectivity index is 0.00000361. The van der Waals surface area contributed by atoms with Crippen LogP contribution in [0.15, 0.2) is 22.7 Å². The lowest BCUT2D eigenvalue weighted by molar-refractivity contribution is 0.0947. The monoisotopic (exact) mass is 364 g/mol. The summed E-state index contributed by atoms with van der Waals surface area (Å²) < 4.78 is 6.57. The molecule has 4 nitrogen and oxygen atoms in total. The van der Waals surface area contributed by atoms with Crippen LogP contribution in [0.4, 0.5) is 0 Å². The van der Waals surface area contributed by atoms with Crippen molar-refractivity contribution in [1.29, 1.82) is 0 Å². The van der Waals surface area contributed by atoms with E-state index in [1.54, 1.807) is 6.07 Å². The van der Waals surface area contributed by atoms with E-state index in [1.165, 1.54) is 0 Å². The predicted molar refractivity (Wildman–Crippen MR) is 88.0 cm³/mol. The maximum absolute atomic E-state index is 12.1. The molecule has 0 unspecified atom stereocenters. The van der Waals surface area contributed by atoms with Crippen molar-refractivity contribution in [3.8, 4) is 5.75 Å². The summed E-state index contributed by atoms with van der Waals surface area (Å²) in [5, 5.41) is 5.94. The molecular weight excluding hydrogens is 344 g/mol. The second-order valence-electron chi connectivity index (χ2n) is 4.52.